The molecular formula is C21H26O3Si. The van der Waals surface area contributed by atoms with E-state index in [0.29, 0.717) is 12.8 Å². The summed E-state index contributed by atoms with van der Waals surface area (Å²) < 4.78 is 5.51. The lowest BCUT2D eigenvalue weighted by Crippen LogP contribution is -2.74. The Hall–Kier alpha value is -1.91. The predicted molar refractivity (Wildman–Crippen MR) is 103 cm³/mol. The van der Waals surface area contributed by atoms with Gasteiger partial charge in [0.1, 0.15) is 6.10 Å². The highest BCUT2D eigenvalue weighted by atomic mass is 28.3. The molecule has 1 heterocycles. The fourth-order valence-corrected chi connectivity index (χ4v) is 10.1. The van der Waals surface area contributed by atoms with Crippen molar-refractivity contribution in [1.82, 2.24) is 0 Å². The fourth-order valence-electron chi connectivity index (χ4n) is 4.27. The molecule has 1 unspecified atom stereocenters. The van der Waals surface area contributed by atoms with Crippen molar-refractivity contribution < 1.29 is 14.6 Å². The summed E-state index contributed by atoms with van der Waals surface area (Å²) >= 11 is 0. The number of cyclic esters (lactones) is 1. The number of carbonyl (C=O) groups excluding carboxylic acids is 1. The number of hydrogen-bond donors (Lipinski definition) is 1. The van der Waals surface area contributed by atoms with Gasteiger partial charge in [-0.3, -0.25) is 4.79 Å². The third-order valence-electron chi connectivity index (χ3n) is 5.35. The lowest BCUT2D eigenvalue weighted by molar-refractivity contribution is -0.143. The molecule has 1 fully saturated rings. The lowest BCUT2D eigenvalue weighted by atomic mass is 10.2. The van der Waals surface area contributed by atoms with Crippen molar-refractivity contribution in [2.75, 3.05) is 0 Å². The Morgan fingerprint density at radius 1 is 1.00 bits per heavy atom. The molecule has 0 bridgehead atoms. The molecule has 2 atom stereocenters. The van der Waals surface area contributed by atoms with Crippen molar-refractivity contribution in [2.24, 2.45) is 0 Å². The molecule has 4 heteroatoms. The Morgan fingerprint density at radius 3 is 1.84 bits per heavy atom. The Kier molecular flexibility index (Phi) is 4.85. The normalized spacial score (nSPS) is 19.5. The summed E-state index contributed by atoms with van der Waals surface area (Å²) in [6.45, 7) is 6.58. The zero-order valence-electron chi connectivity index (χ0n) is 15.1. The standard InChI is InChI=1S/C21H26O3Si/c1-21(2,3)25(16-10-6-4-7-11-16,17-12-8-5-9-13-17)20(23)18-14-15-19(22)24-18/h4-13,18,20,23H,14-15H2,1-3H3/t18?,20-/m0/s1. The first-order chi connectivity index (χ1) is 11.9. The molecule has 3 nitrogen and oxygen atoms in total. The Labute approximate surface area is 150 Å². The molecule has 0 amide bonds. The van der Waals surface area contributed by atoms with Gasteiger partial charge in [0.15, 0.2) is 8.07 Å². The number of benzene rings is 2. The van der Waals surface area contributed by atoms with Crippen LogP contribution in [0.15, 0.2) is 60.7 Å². The molecule has 1 saturated heterocycles. The summed E-state index contributed by atoms with van der Waals surface area (Å²) in [5.74, 6) is -0.206. The van der Waals surface area contributed by atoms with Crippen molar-refractivity contribution in [3.8, 4) is 0 Å². The molecule has 0 aromatic heterocycles. The van der Waals surface area contributed by atoms with E-state index in [1.54, 1.807) is 0 Å². The van der Waals surface area contributed by atoms with E-state index < -0.39 is 19.9 Å². The van der Waals surface area contributed by atoms with Crippen LogP contribution >= 0.6 is 0 Å². The van der Waals surface area contributed by atoms with E-state index in [1.165, 1.54) is 10.4 Å². The van der Waals surface area contributed by atoms with Crippen LogP contribution < -0.4 is 10.4 Å². The van der Waals surface area contributed by atoms with Crippen molar-refractivity contribution in [3.05, 3.63) is 60.7 Å². The summed E-state index contributed by atoms with van der Waals surface area (Å²) in [6.07, 6.45) is 0.545. The fraction of sp³-hybridized carbons (Fsp3) is 0.381. The average Bonchev–Trinajstić information content (AvgIpc) is 3.02. The van der Waals surface area contributed by atoms with E-state index >= 15 is 0 Å². The number of esters is 1. The van der Waals surface area contributed by atoms with Gasteiger partial charge in [-0.1, -0.05) is 91.8 Å². The molecule has 3 rings (SSSR count). The molecule has 25 heavy (non-hydrogen) atoms. The highest BCUT2D eigenvalue weighted by Crippen LogP contribution is 2.40. The van der Waals surface area contributed by atoms with Crippen LogP contribution in [0.25, 0.3) is 0 Å². The summed E-state index contributed by atoms with van der Waals surface area (Å²) in [5.41, 5.74) is -0.691. The maximum Gasteiger partial charge on any atom is 0.306 e. The lowest BCUT2D eigenvalue weighted by Gasteiger charge is -2.48. The maximum atomic E-state index is 11.7. The van der Waals surface area contributed by atoms with Crippen LogP contribution in [0.4, 0.5) is 0 Å². The number of ether oxygens (including phenoxy) is 1. The predicted octanol–water partition coefficient (Wildman–Crippen LogP) is 2.66. The molecule has 1 N–H and O–H groups in total. The zero-order valence-corrected chi connectivity index (χ0v) is 16.1. The molecule has 132 valence electrons. The van der Waals surface area contributed by atoms with Crippen LogP contribution in [0, 0.1) is 0 Å². The first-order valence-electron chi connectivity index (χ1n) is 8.86. The minimum absolute atomic E-state index is 0.163. The number of rotatable bonds is 4. The van der Waals surface area contributed by atoms with Crippen LogP contribution in [0.2, 0.25) is 5.04 Å². The second kappa shape index (κ2) is 6.77. The van der Waals surface area contributed by atoms with Crippen LogP contribution in [-0.2, 0) is 9.53 Å². The third-order valence-corrected chi connectivity index (χ3v) is 11.5. The van der Waals surface area contributed by atoms with Gasteiger partial charge in [0.2, 0.25) is 0 Å². The van der Waals surface area contributed by atoms with Crippen LogP contribution in [0.1, 0.15) is 33.6 Å². The molecular weight excluding hydrogens is 328 g/mol. The highest BCUT2D eigenvalue weighted by molar-refractivity contribution is 7.05. The maximum absolute atomic E-state index is 11.7. The third kappa shape index (κ3) is 3.05. The van der Waals surface area contributed by atoms with Crippen molar-refractivity contribution in [3.63, 3.8) is 0 Å². The van der Waals surface area contributed by atoms with E-state index in [1.807, 2.05) is 36.4 Å². The minimum atomic E-state index is -2.67. The molecule has 0 saturated carbocycles. The first-order valence-corrected chi connectivity index (χ1v) is 10.9. The van der Waals surface area contributed by atoms with Gasteiger partial charge < -0.3 is 9.84 Å². The second-order valence-electron chi connectivity index (χ2n) is 7.80. The first kappa shape index (κ1) is 17.9. The minimum Gasteiger partial charge on any atom is -0.460 e. The van der Waals surface area contributed by atoms with Crippen molar-refractivity contribution >= 4 is 24.4 Å². The van der Waals surface area contributed by atoms with Crippen LogP contribution in [0.5, 0.6) is 0 Å². The Bertz CT molecular complexity index is 682. The number of aliphatic hydroxyl groups is 1. The highest BCUT2D eigenvalue weighted by Gasteiger charge is 2.56. The molecule has 2 aromatic rings. The van der Waals surface area contributed by atoms with Gasteiger partial charge in [0, 0.05) is 6.42 Å². The van der Waals surface area contributed by atoms with Gasteiger partial charge in [0.25, 0.3) is 0 Å². The molecule has 2 aromatic carbocycles. The van der Waals surface area contributed by atoms with Gasteiger partial charge in [-0.15, -0.1) is 0 Å². The van der Waals surface area contributed by atoms with Gasteiger partial charge in [-0.2, -0.15) is 0 Å². The second-order valence-corrected chi connectivity index (χ2v) is 12.7. The number of carbonyl (C=O) groups is 1. The molecule has 0 spiro atoms. The van der Waals surface area contributed by atoms with Crippen LogP contribution in [-0.4, -0.2) is 31.0 Å². The smallest absolute Gasteiger partial charge is 0.306 e. The summed E-state index contributed by atoms with van der Waals surface area (Å²) in [6, 6.07) is 20.6. The summed E-state index contributed by atoms with van der Waals surface area (Å²) in [7, 11) is -2.67. The molecule has 0 aliphatic carbocycles. The topological polar surface area (TPSA) is 46.5 Å². The molecule has 0 radical (unpaired) electrons. The zero-order chi connectivity index (χ0) is 18.1. The number of aliphatic hydroxyl groups excluding tert-OH is 1. The summed E-state index contributed by atoms with van der Waals surface area (Å²) in [5, 5.41) is 13.8. The van der Waals surface area contributed by atoms with Gasteiger partial charge in [-0.25, -0.2) is 0 Å². The average molecular weight is 355 g/mol. The van der Waals surface area contributed by atoms with Gasteiger partial charge >= 0.3 is 5.97 Å². The Morgan fingerprint density at radius 2 is 1.48 bits per heavy atom. The van der Waals surface area contributed by atoms with E-state index in [2.05, 4.69) is 45.0 Å². The number of hydrogen-bond acceptors (Lipinski definition) is 3. The SMILES string of the molecule is CC(C)(C)[Si](c1ccccc1)(c1ccccc1)[C@H](O)C1CCC(=O)O1. The van der Waals surface area contributed by atoms with E-state index in [9.17, 15) is 9.90 Å². The van der Waals surface area contributed by atoms with Crippen LogP contribution in [0.3, 0.4) is 0 Å². The summed E-state index contributed by atoms with van der Waals surface area (Å²) in [4.78, 5) is 11.7. The van der Waals surface area contributed by atoms with E-state index in [0.717, 1.165) is 0 Å². The largest absolute Gasteiger partial charge is 0.460 e. The van der Waals surface area contributed by atoms with Gasteiger partial charge in [-0.05, 0) is 11.5 Å². The van der Waals surface area contributed by atoms with Crippen molar-refractivity contribution in [1.29, 1.82) is 0 Å². The van der Waals surface area contributed by atoms with Gasteiger partial charge in [0.05, 0.1) is 5.73 Å². The van der Waals surface area contributed by atoms with E-state index in [4.69, 9.17) is 4.74 Å². The molecule has 1 aliphatic heterocycles. The van der Waals surface area contributed by atoms with Crippen molar-refractivity contribution in [2.45, 2.75) is 50.5 Å². The quantitative estimate of drug-likeness (QED) is 0.678. The van der Waals surface area contributed by atoms with E-state index in [-0.39, 0.29) is 11.0 Å². The Balaban J connectivity index is 2.24. The monoisotopic (exact) mass is 354 g/mol. The molecule has 1 aliphatic rings.